The van der Waals surface area contributed by atoms with Gasteiger partial charge in [-0.25, -0.2) is 0 Å². The van der Waals surface area contributed by atoms with Crippen LogP contribution in [0.5, 0.6) is 0 Å². The Balaban J connectivity index is 1.84. The standard InChI is InChI=1S/C22H24Br2O4/c23-13-1-3-21(25)27-15-17-5-9-19(10-6-17)20-11-7-18(8-12-20)16-28-22(26)4-2-14-24/h5-12H,1-4,13-16H2. The normalized spacial score (nSPS) is 10.5. The van der Waals surface area contributed by atoms with Gasteiger partial charge in [-0.15, -0.1) is 0 Å². The maximum atomic E-state index is 11.6. The van der Waals surface area contributed by atoms with Gasteiger partial charge in [-0.1, -0.05) is 80.4 Å². The molecule has 0 spiro atoms. The van der Waals surface area contributed by atoms with Crippen LogP contribution in [-0.4, -0.2) is 22.6 Å². The molecule has 0 aliphatic heterocycles. The molecule has 0 aromatic heterocycles. The van der Waals surface area contributed by atoms with Gasteiger partial charge in [-0.2, -0.15) is 0 Å². The zero-order valence-corrected chi connectivity index (χ0v) is 18.8. The molecule has 0 atom stereocenters. The van der Waals surface area contributed by atoms with Crippen molar-refractivity contribution < 1.29 is 19.1 Å². The average molecular weight is 512 g/mol. The highest BCUT2D eigenvalue weighted by atomic mass is 79.9. The lowest BCUT2D eigenvalue weighted by molar-refractivity contribution is -0.145. The van der Waals surface area contributed by atoms with E-state index in [4.69, 9.17) is 9.47 Å². The Morgan fingerprint density at radius 3 is 1.32 bits per heavy atom. The van der Waals surface area contributed by atoms with Crippen LogP contribution in [0.4, 0.5) is 0 Å². The number of alkyl halides is 2. The average Bonchev–Trinajstić information content (AvgIpc) is 2.74. The van der Waals surface area contributed by atoms with Gasteiger partial charge in [0.25, 0.3) is 0 Å². The minimum absolute atomic E-state index is 0.174. The molecule has 28 heavy (non-hydrogen) atoms. The third kappa shape index (κ3) is 8.15. The van der Waals surface area contributed by atoms with E-state index in [0.29, 0.717) is 26.1 Å². The van der Waals surface area contributed by atoms with Gasteiger partial charge in [0.15, 0.2) is 0 Å². The summed E-state index contributed by atoms with van der Waals surface area (Å²) in [5, 5.41) is 1.60. The Morgan fingerprint density at radius 2 is 1.00 bits per heavy atom. The number of esters is 2. The summed E-state index contributed by atoms with van der Waals surface area (Å²) in [4.78, 5) is 23.1. The first-order chi connectivity index (χ1) is 13.6. The van der Waals surface area contributed by atoms with E-state index in [1.807, 2.05) is 48.5 Å². The molecule has 0 aliphatic rings. The van der Waals surface area contributed by atoms with Crippen LogP contribution < -0.4 is 0 Å². The SMILES string of the molecule is O=C(CCCBr)OCc1ccc(-c2ccc(COC(=O)CCCBr)cc2)cc1. The molecule has 0 heterocycles. The molecule has 0 N–H and O–H groups in total. The summed E-state index contributed by atoms with van der Waals surface area (Å²) in [5.41, 5.74) is 4.08. The summed E-state index contributed by atoms with van der Waals surface area (Å²) in [5.74, 6) is -0.348. The molecule has 2 rings (SSSR count). The van der Waals surface area contributed by atoms with Gasteiger partial charge in [-0.3, -0.25) is 9.59 Å². The first-order valence-corrected chi connectivity index (χ1v) is 11.5. The van der Waals surface area contributed by atoms with E-state index >= 15 is 0 Å². The lowest BCUT2D eigenvalue weighted by Gasteiger charge is -2.08. The third-order valence-electron chi connectivity index (χ3n) is 4.07. The maximum absolute atomic E-state index is 11.6. The van der Waals surface area contributed by atoms with Gasteiger partial charge in [0, 0.05) is 23.5 Å². The zero-order valence-electron chi connectivity index (χ0n) is 15.7. The van der Waals surface area contributed by atoms with Crippen molar-refractivity contribution in [2.75, 3.05) is 10.7 Å². The van der Waals surface area contributed by atoms with Gasteiger partial charge in [0.2, 0.25) is 0 Å². The molecule has 0 saturated heterocycles. The summed E-state index contributed by atoms with van der Waals surface area (Å²) in [6.45, 7) is 0.585. The molecule has 2 aromatic carbocycles. The van der Waals surface area contributed by atoms with Crippen molar-refractivity contribution in [3.8, 4) is 11.1 Å². The first kappa shape index (κ1) is 22.6. The van der Waals surface area contributed by atoms with Crippen molar-refractivity contribution in [3.05, 3.63) is 59.7 Å². The van der Waals surface area contributed by atoms with E-state index in [1.54, 1.807) is 0 Å². The van der Waals surface area contributed by atoms with Crippen LogP contribution >= 0.6 is 31.9 Å². The molecule has 0 amide bonds. The monoisotopic (exact) mass is 510 g/mol. The summed E-state index contributed by atoms with van der Waals surface area (Å²) >= 11 is 6.60. The quantitative estimate of drug-likeness (QED) is 0.283. The topological polar surface area (TPSA) is 52.6 Å². The second-order valence-corrected chi connectivity index (χ2v) is 7.89. The molecule has 150 valence electrons. The van der Waals surface area contributed by atoms with Crippen LogP contribution in [-0.2, 0) is 32.3 Å². The van der Waals surface area contributed by atoms with E-state index in [1.165, 1.54) is 0 Å². The number of halogens is 2. The maximum Gasteiger partial charge on any atom is 0.306 e. The van der Waals surface area contributed by atoms with Crippen LogP contribution in [0.2, 0.25) is 0 Å². The molecule has 0 unspecified atom stereocenters. The van der Waals surface area contributed by atoms with Crippen molar-refractivity contribution >= 4 is 43.8 Å². The number of benzene rings is 2. The Bertz CT molecular complexity index is 677. The number of hydrogen-bond acceptors (Lipinski definition) is 4. The molecule has 6 heteroatoms. The Labute approximate surface area is 182 Å². The summed E-state index contributed by atoms with van der Waals surface area (Å²) < 4.78 is 10.5. The third-order valence-corrected chi connectivity index (χ3v) is 5.19. The van der Waals surface area contributed by atoms with E-state index in [9.17, 15) is 9.59 Å². The highest BCUT2D eigenvalue weighted by Crippen LogP contribution is 2.21. The Morgan fingerprint density at radius 1 is 0.643 bits per heavy atom. The fourth-order valence-electron chi connectivity index (χ4n) is 2.48. The Hall–Kier alpha value is -1.66. The molecular formula is C22H24Br2O4. The molecule has 0 aliphatic carbocycles. The number of carbonyl (C=O) groups is 2. The minimum Gasteiger partial charge on any atom is -0.461 e. The lowest BCUT2D eigenvalue weighted by atomic mass is 10.0. The van der Waals surface area contributed by atoms with E-state index in [2.05, 4.69) is 31.9 Å². The number of rotatable bonds is 11. The van der Waals surface area contributed by atoms with Crippen LogP contribution in [0.25, 0.3) is 11.1 Å². The van der Waals surface area contributed by atoms with E-state index < -0.39 is 0 Å². The zero-order chi connectivity index (χ0) is 20.2. The highest BCUT2D eigenvalue weighted by Gasteiger charge is 2.05. The fourth-order valence-corrected chi connectivity index (χ4v) is 3.04. The van der Waals surface area contributed by atoms with Crippen molar-refractivity contribution in [1.82, 2.24) is 0 Å². The summed E-state index contributed by atoms with van der Waals surface area (Å²) in [7, 11) is 0. The van der Waals surface area contributed by atoms with Crippen LogP contribution in [0, 0.1) is 0 Å². The van der Waals surface area contributed by atoms with Gasteiger partial charge >= 0.3 is 11.9 Å². The van der Waals surface area contributed by atoms with Crippen molar-refractivity contribution in [3.63, 3.8) is 0 Å². The second-order valence-electron chi connectivity index (χ2n) is 6.30. The highest BCUT2D eigenvalue weighted by molar-refractivity contribution is 9.09. The van der Waals surface area contributed by atoms with Crippen molar-refractivity contribution in [2.45, 2.75) is 38.9 Å². The van der Waals surface area contributed by atoms with Gasteiger partial charge in [0.1, 0.15) is 13.2 Å². The van der Waals surface area contributed by atoms with Crippen molar-refractivity contribution in [2.24, 2.45) is 0 Å². The largest absolute Gasteiger partial charge is 0.461 e. The Kier molecular flexibility index (Phi) is 10.3. The number of ether oxygens (including phenoxy) is 2. The first-order valence-electron chi connectivity index (χ1n) is 9.24. The molecule has 4 nitrogen and oxygen atoms in total. The van der Waals surface area contributed by atoms with Crippen molar-refractivity contribution in [1.29, 1.82) is 0 Å². The fraction of sp³-hybridized carbons (Fsp3) is 0.364. The molecule has 0 bridgehead atoms. The summed E-state index contributed by atoms with van der Waals surface area (Å²) in [6, 6.07) is 15.9. The smallest absolute Gasteiger partial charge is 0.306 e. The second kappa shape index (κ2) is 12.7. The molecular weight excluding hydrogens is 488 g/mol. The molecule has 0 fully saturated rings. The van der Waals surface area contributed by atoms with Gasteiger partial charge < -0.3 is 9.47 Å². The van der Waals surface area contributed by atoms with E-state index in [-0.39, 0.29) is 11.9 Å². The van der Waals surface area contributed by atoms with Crippen LogP contribution in [0.15, 0.2) is 48.5 Å². The van der Waals surface area contributed by atoms with Crippen LogP contribution in [0.1, 0.15) is 36.8 Å². The number of carbonyl (C=O) groups excluding carboxylic acids is 2. The lowest BCUT2D eigenvalue weighted by Crippen LogP contribution is -2.04. The minimum atomic E-state index is -0.174. The number of hydrogen-bond donors (Lipinski definition) is 0. The van der Waals surface area contributed by atoms with Gasteiger partial charge in [0.05, 0.1) is 0 Å². The molecule has 0 saturated carbocycles. The van der Waals surface area contributed by atoms with E-state index in [0.717, 1.165) is 45.8 Å². The molecule has 0 radical (unpaired) electrons. The predicted molar refractivity (Wildman–Crippen MR) is 118 cm³/mol. The molecule has 2 aromatic rings. The van der Waals surface area contributed by atoms with Gasteiger partial charge in [-0.05, 0) is 35.1 Å². The summed E-state index contributed by atoms with van der Waals surface area (Å²) in [6.07, 6.45) is 2.43. The van der Waals surface area contributed by atoms with Crippen LogP contribution in [0.3, 0.4) is 0 Å². The predicted octanol–water partition coefficient (Wildman–Crippen LogP) is 5.79.